The number of aryl methyl sites for hydroxylation is 1. The third kappa shape index (κ3) is 2.78. The summed E-state index contributed by atoms with van der Waals surface area (Å²) in [6.07, 6.45) is 0.984. The Morgan fingerprint density at radius 2 is 2.13 bits per heavy atom. The molecule has 2 unspecified atom stereocenters. The summed E-state index contributed by atoms with van der Waals surface area (Å²) < 4.78 is 13.9. The first-order valence-corrected chi connectivity index (χ1v) is 5.67. The predicted octanol–water partition coefficient (Wildman–Crippen LogP) is 3.01. The predicted molar refractivity (Wildman–Crippen MR) is 60.6 cm³/mol. The van der Waals surface area contributed by atoms with Crippen LogP contribution in [0.5, 0.6) is 0 Å². The van der Waals surface area contributed by atoms with Gasteiger partial charge in [-0.1, -0.05) is 29.8 Å². The van der Waals surface area contributed by atoms with E-state index in [2.05, 4.69) is 5.32 Å². The highest BCUT2D eigenvalue weighted by molar-refractivity contribution is 5.23. The van der Waals surface area contributed by atoms with Crippen molar-refractivity contribution in [2.75, 3.05) is 13.1 Å². The van der Waals surface area contributed by atoms with Crippen LogP contribution in [0.2, 0.25) is 0 Å². The molecule has 1 fully saturated rings. The summed E-state index contributed by atoms with van der Waals surface area (Å²) in [6.45, 7) is 4.05. The molecule has 2 rings (SSSR count). The van der Waals surface area contributed by atoms with Crippen molar-refractivity contribution in [1.82, 2.24) is 5.32 Å². The van der Waals surface area contributed by atoms with E-state index in [1.54, 1.807) is 0 Å². The van der Waals surface area contributed by atoms with Crippen LogP contribution in [0.25, 0.3) is 0 Å². The first-order valence-electron chi connectivity index (χ1n) is 5.67. The highest BCUT2D eigenvalue weighted by Crippen LogP contribution is 2.27. The monoisotopic (exact) mass is 207 g/mol. The van der Waals surface area contributed by atoms with Crippen LogP contribution in [-0.4, -0.2) is 13.1 Å². The lowest BCUT2D eigenvalue weighted by molar-refractivity contribution is 0.281. The van der Waals surface area contributed by atoms with Crippen LogP contribution in [0.3, 0.4) is 0 Å². The van der Waals surface area contributed by atoms with Gasteiger partial charge in [-0.05, 0) is 44.3 Å². The van der Waals surface area contributed by atoms with Crippen molar-refractivity contribution in [2.45, 2.75) is 25.9 Å². The van der Waals surface area contributed by atoms with Gasteiger partial charge in [0.15, 0.2) is 0 Å². The van der Waals surface area contributed by atoms with Crippen molar-refractivity contribution in [1.29, 1.82) is 0 Å². The number of hydrogen-bond donors (Lipinski definition) is 1. The zero-order valence-corrected chi connectivity index (χ0v) is 9.17. The Morgan fingerprint density at radius 3 is 2.73 bits per heavy atom. The Bertz CT molecular complexity index is 301. The van der Waals surface area contributed by atoms with E-state index in [0.717, 1.165) is 25.1 Å². The van der Waals surface area contributed by atoms with Crippen LogP contribution in [0.4, 0.5) is 4.39 Å². The molecule has 15 heavy (non-hydrogen) atoms. The molecule has 0 aliphatic carbocycles. The molecule has 0 bridgehead atoms. The third-order valence-corrected chi connectivity index (χ3v) is 3.14. The van der Waals surface area contributed by atoms with E-state index in [4.69, 9.17) is 0 Å². The summed E-state index contributed by atoms with van der Waals surface area (Å²) in [6, 6.07) is 7.77. The number of hydrogen-bond acceptors (Lipinski definition) is 1. The lowest BCUT2D eigenvalue weighted by atomic mass is 9.97. The maximum absolute atomic E-state index is 13.9. The van der Waals surface area contributed by atoms with E-state index in [0.29, 0.717) is 12.3 Å². The summed E-state index contributed by atoms with van der Waals surface area (Å²) in [7, 11) is 0. The summed E-state index contributed by atoms with van der Waals surface area (Å²) >= 11 is 0. The summed E-state index contributed by atoms with van der Waals surface area (Å²) in [5.41, 5.74) is 2.01. The molecule has 82 valence electrons. The smallest absolute Gasteiger partial charge is 0.125 e. The minimum atomic E-state index is -0.796. The lowest BCUT2D eigenvalue weighted by Gasteiger charge is -2.13. The zero-order chi connectivity index (χ0) is 10.7. The number of alkyl halides is 1. The first-order chi connectivity index (χ1) is 7.25. The Balaban J connectivity index is 1.94. The molecule has 1 aliphatic rings. The molecule has 1 aromatic carbocycles. The largest absolute Gasteiger partial charge is 0.316 e. The molecule has 0 amide bonds. The standard InChI is InChI=1S/C13H18FN/c1-10-2-4-12(5-3-10)13(14)8-11-6-7-15-9-11/h2-5,11,13,15H,6-9H2,1H3. The second kappa shape index (κ2) is 4.75. The Labute approximate surface area is 90.7 Å². The Kier molecular flexibility index (Phi) is 3.37. The molecule has 1 heterocycles. The van der Waals surface area contributed by atoms with E-state index in [1.165, 1.54) is 5.56 Å². The topological polar surface area (TPSA) is 12.0 Å². The van der Waals surface area contributed by atoms with Crippen molar-refractivity contribution in [3.8, 4) is 0 Å². The van der Waals surface area contributed by atoms with Crippen molar-refractivity contribution in [2.24, 2.45) is 5.92 Å². The molecule has 0 radical (unpaired) electrons. The summed E-state index contributed by atoms with van der Waals surface area (Å²) in [5, 5.41) is 3.27. The van der Waals surface area contributed by atoms with Crippen LogP contribution >= 0.6 is 0 Å². The molecule has 1 saturated heterocycles. The quantitative estimate of drug-likeness (QED) is 0.803. The lowest BCUT2D eigenvalue weighted by Crippen LogP contribution is -2.10. The van der Waals surface area contributed by atoms with Crippen molar-refractivity contribution in [3.05, 3.63) is 35.4 Å². The van der Waals surface area contributed by atoms with Crippen LogP contribution in [0.1, 0.15) is 30.1 Å². The van der Waals surface area contributed by atoms with E-state index < -0.39 is 6.17 Å². The number of rotatable bonds is 3. The van der Waals surface area contributed by atoms with Crippen LogP contribution in [0.15, 0.2) is 24.3 Å². The van der Waals surface area contributed by atoms with Gasteiger partial charge in [-0.3, -0.25) is 0 Å². The number of nitrogens with one attached hydrogen (secondary N) is 1. The normalized spacial score (nSPS) is 22.9. The minimum absolute atomic E-state index is 0.515. The fourth-order valence-corrected chi connectivity index (χ4v) is 2.12. The van der Waals surface area contributed by atoms with Crippen LogP contribution in [0, 0.1) is 12.8 Å². The average Bonchev–Trinajstić information content (AvgIpc) is 2.71. The SMILES string of the molecule is Cc1ccc(C(F)CC2CCNC2)cc1. The highest BCUT2D eigenvalue weighted by Gasteiger charge is 2.20. The maximum Gasteiger partial charge on any atom is 0.125 e. The Morgan fingerprint density at radius 1 is 1.40 bits per heavy atom. The molecule has 1 N–H and O–H groups in total. The van der Waals surface area contributed by atoms with E-state index >= 15 is 0 Å². The fraction of sp³-hybridized carbons (Fsp3) is 0.538. The van der Waals surface area contributed by atoms with Crippen LogP contribution < -0.4 is 5.32 Å². The van der Waals surface area contributed by atoms with E-state index in [1.807, 2.05) is 31.2 Å². The van der Waals surface area contributed by atoms with Crippen molar-refractivity contribution >= 4 is 0 Å². The third-order valence-electron chi connectivity index (χ3n) is 3.14. The van der Waals surface area contributed by atoms with Gasteiger partial charge in [0.05, 0.1) is 0 Å². The molecule has 1 aliphatic heterocycles. The first kappa shape index (κ1) is 10.6. The molecule has 1 nitrogen and oxygen atoms in total. The molecule has 0 spiro atoms. The van der Waals surface area contributed by atoms with Gasteiger partial charge >= 0.3 is 0 Å². The molecular weight excluding hydrogens is 189 g/mol. The van der Waals surface area contributed by atoms with Crippen LogP contribution in [-0.2, 0) is 0 Å². The van der Waals surface area contributed by atoms with Gasteiger partial charge in [-0.15, -0.1) is 0 Å². The van der Waals surface area contributed by atoms with Gasteiger partial charge < -0.3 is 5.32 Å². The summed E-state index contributed by atoms with van der Waals surface area (Å²) in [4.78, 5) is 0. The maximum atomic E-state index is 13.9. The van der Waals surface area contributed by atoms with Gasteiger partial charge in [0.25, 0.3) is 0 Å². The zero-order valence-electron chi connectivity index (χ0n) is 9.17. The van der Waals surface area contributed by atoms with E-state index in [-0.39, 0.29) is 0 Å². The second-order valence-corrected chi connectivity index (χ2v) is 4.47. The molecule has 1 aromatic rings. The highest BCUT2D eigenvalue weighted by atomic mass is 19.1. The molecule has 0 saturated carbocycles. The van der Waals surface area contributed by atoms with Crippen molar-refractivity contribution < 1.29 is 4.39 Å². The van der Waals surface area contributed by atoms with Gasteiger partial charge in [0.1, 0.15) is 6.17 Å². The minimum Gasteiger partial charge on any atom is -0.316 e. The molecule has 2 atom stereocenters. The number of benzene rings is 1. The van der Waals surface area contributed by atoms with Gasteiger partial charge in [-0.2, -0.15) is 0 Å². The number of halogens is 1. The van der Waals surface area contributed by atoms with E-state index in [9.17, 15) is 4.39 Å². The Hall–Kier alpha value is -0.890. The molecular formula is C13H18FN. The fourth-order valence-electron chi connectivity index (χ4n) is 2.12. The van der Waals surface area contributed by atoms with Crippen molar-refractivity contribution in [3.63, 3.8) is 0 Å². The molecule has 0 aromatic heterocycles. The van der Waals surface area contributed by atoms with Gasteiger partial charge in [0, 0.05) is 0 Å². The second-order valence-electron chi connectivity index (χ2n) is 4.47. The van der Waals surface area contributed by atoms with Gasteiger partial charge in [-0.25, -0.2) is 4.39 Å². The van der Waals surface area contributed by atoms with Gasteiger partial charge in [0.2, 0.25) is 0 Å². The molecule has 2 heteroatoms. The summed E-state index contributed by atoms with van der Waals surface area (Å²) in [5.74, 6) is 0.515. The average molecular weight is 207 g/mol.